The molecule has 0 atom stereocenters. The van der Waals surface area contributed by atoms with Crippen molar-refractivity contribution in [2.45, 2.75) is 19.3 Å². The van der Waals surface area contributed by atoms with Gasteiger partial charge in [0.2, 0.25) is 17.8 Å². The predicted molar refractivity (Wildman–Crippen MR) is 604 cm³/mol. The number of nitrogens with zero attached hydrogens (tertiary/aromatic N) is 9. The highest BCUT2D eigenvalue weighted by Gasteiger charge is 2.37. The molecule has 24 aromatic carbocycles. The molecular weight excluding hydrogens is 1750 g/mol. The van der Waals surface area contributed by atoms with Crippen LogP contribution in [0.1, 0.15) is 25.0 Å². The third kappa shape index (κ3) is 12.8. The first-order valence-electron chi connectivity index (χ1n) is 49.4. The molecule has 31 rings (SSSR count). The Bertz CT molecular complexity index is 10500. The maximum Gasteiger partial charge on any atom is 0.235 e. The van der Waals surface area contributed by atoms with E-state index in [1.54, 1.807) is 0 Å². The Balaban J connectivity index is 0.000000103. The minimum absolute atomic E-state index is 0.112. The lowest BCUT2D eigenvalue weighted by atomic mass is 9.82. The highest BCUT2D eigenvalue weighted by Crippen LogP contribution is 2.53. The van der Waals surface area contributed by atoms with Crippen LogP contribution >= 0.6 is 0 Å². The molecule has 9 heteroatoms. The van der Waals surface area contributed by atoms with Crippen LogP contribution in [0.4, 0.5) is 0 Å². The van der Waals surface area contributed by atoms with E-state index in [9.17, 15) is 0 Å². The van der Waals surface area contributed by atoms with Crippen LogP contribution in [0.2, 0.25) is 0 Å². The van der Waals surface area contributed by atoms with Gasteiger partial charge in [-0.1, -0.05) is 451 Å². The van der Waals surface area contributed by atoms with Crippen LogP contribution in [-0.4, -0.2) is 43.6 Å². The first-order valence-corrected chi connectivity index (χ1v) is 49.4. The highest BCUT2D eigenvalue weighted by atomic mass is 15.2. The molecule has 0 spiro atoms. The second kappa shape index (κ2) is 32.6. The molecule has 1 aliphatic rings. The minimum atomic E-state index is -0.112. The lowest BCUT2D eigenvalue weighted by Gasteiger charge is -2.22. The Morgan fingerprint density at radius 1 is 0.167 bits per heavy atom. The van der Waals surface area contributed by atoms with Crippen LogP contribution < -0.4 is 0 Å². The number of rotatable bonds is 8. The molecule has 6 heterocycles. The topological polar surface area (TPSA) is 92.1 Å². The van der Waals surface area contributed by atoms with E-state index in [0.29, 0.717) is 17.8 Å². The van der Waals surface area contributed by atoms with Gasteiger partial charge in [0.05, 0.1) is 66.7 Å². The molecule has 0 saturated carbocycles. The zero-order valence-corrected chi connectivity index (χ0v) is 78.6. The van der Waals surface area contributed by atoms with Gasteiger partial charge in [0.15, 0.2) is 0 Å². The largest absolute Gasteiger partial charge is 0.277 e. The lowest BCUT2D eigenvalue weighted by Crippen LogP contribution is -2.15. The number of benzene rings is 24. The van der Waals surface area contributed by atoms with E-state index in [1.807, 2.05) is 0 Å². The molecule has 30 aromatic rings. The maximum absolute atomic E-state index is 5.58. The van der Waals surface area contributed by atoms with Crippen molar-refractivity contribution in [3.05, 3.63) is 490 Å². The van der Waals surface area contributed by atoms with Crippen LogP contribution in [0.15, 0.2) is 479 Å². The SMILES string of the molecule is CC1(C)c2ccccc2-c2ccc(-c3nc(-n4c5c6ccccc6ccc5c5c6ccccc6c6ccccc6c54)nc4ccccc34)cc21.c1ccc(-c2ccc(-c3nc(-n4c5cc6ccccc6cc5c5c6ccccc6c6ccccc6c54)nc4ccccc34)cc2)cc1.c1ccc(-c2ccc(-c3nc(-n4c5ccc6ccccc6c5c5c6ccccc6c6ccccc6c54)nc4ccccc34)cc2)cc1. The van der Waals surface area contributed by atoms with Crippen LogP contribution in [-0.2, 0) is 5.41 Å². The number of para-hydroxylation sites is 3. The summed E-state index contributed by atoms with van der Waals surface area (Å²) < 4.78 is 6.96. The van der Waals surface area contributed by atoms with Crippen molar-refractivity contribution >= 4 is 195 Å². The second-order valence-corrected chi connectivity index (χ2v) is 38.5. The molecule has 0 saturated heterocycles. The first-order chi connectivity index (χ1) is 71.2. The van der Waals surface area contributed by atoms with Crippen molar-refractivity contribution < 1.29 is 0 Å². The summed E-state index contributed by atoms with van der Waals surface area (Å²) in [7, 11) is 0. The molecule has 0 amide bonds. The van der Waals surface area contributed by atoms with Crippen molar-refractivity contribution in [1.29, 1.82) is 0 Å². The molecule has 670 valence electrons. The third-order valence-corrected chi connectivity index (χ3v) is 30.3. The van der Waals surface area contributed by atoms with E-state index in [-0.39, 0.29) is 5.41 Å². The summed E-state index contributed by atoms with van der Waals surface area (Å²) in [6.45, 7) is 4.67. The van der Waals surface area contributed by atoms with Crippen molar-refractivity contribution in [3.8, 4) is 85.0 Å². The fourth-order valence-electron chi connectivity index (χ4n) is 23.8. The summed E-state index contributed by atoms with van der Waals surface area (Å²) in [5, 5.41) is 32.4. The molecule has 0 bridgehead atoms. The van der Waals surface area contributed by atoms with Gasteiger partial charge in [0.1, 0.15) is 0 Å². The number of fused-ring (bicyclic) bond motifs is 35. The van der Waals surface area contributed by atoms with E-state index in [0.717, 1.165) is 99.6 Å². The monoisotopic (exact) mass is 1830 g/mol. The summed E-state index contributed by atoms with van der Waals surface area (Å²) in [6, 6.07) is 172. The Labute approximate surface area is 827 Å². The zero-order valence-electron chi connectivity index (χ0n) is 78.6. The van der Waals surface area contributed by atoms with Crippen LogP contribution in [0.5, 0.6) is 0 Å². The van der Waals surface area contributed by atoms with E-state index < -0.39 is 0 Å². The average molecular weight is 1830 g/mol. The Hall–Kier alpha value is -19.0. The molecule has 1 aliphatic carbocycles. The normalized spacial score (nSPS) is 12.4. The molecule has 0 aliphatic heterocycles. The van der Waals surface area contributed by atoms with Gasteiger partial charge >= 0.3 is 0 Å². The van der Waals surface area contributed by atoms with Gasteiger partial charge in [-0.2, -0.15) is 0 Å². The maximum atomic E-state index is 5.58. The van der Waals surface area contributed by atoms with Gasteiger partial charge in [0, 0.05) is 92.1 Å². The van der Waals surface area contributed by atoms with E-state index >= 15 is 0 Å². The van der Waals surface area contributed by atoms with Crippen molar-refractivity contribution in [3.63, 3.8) is 0 Å². The van der Waals surface area contributed by atoms with Crippen molar-refractivity contribution in [2.75, 3.05) is 0 Å². The summed E-state index contributed by atoms with van der Waals surface area (Å²) in [4.78, 5) is 32.4. The molecule has 9 nitrogen and oxygen atoms in total. The average Bonchev–Trinajstić information content (AvgIpc) is 1.54. The molecule has 0 radical (unpaired) electrons. The van der Waals surface area contributed by atoms with Gasteiger partial charge in [0.25, 0.3) is 0 Å². The highest BCUT2D eigenvalue weighted by molar-refractivity contribution is 6.38. The molecular formula is C135H85N9. The first kappa shape index (κ1) is 82.1. The molecule has 0 unspecified atom stereocenters. The number of hydrogen-bond donors (Lipinski definition) is 0. The smallest absolute Gasteiger partial charge is 0.235 e. The fourth-order valence-corrected chi connectivity index (χ4v) is 23.8. The van der Waals surface area contributed by atoms with Gasteiger partial charge < -0.3 is 0 Å². The van der Waals surface area contributed by atoms with Gasteiger partial charge in [-0.3, -0.25) is 13.7 Å². The van der Waals surface area contributed by atoms with E-state index in [1.165, 1.54) is 174 Å². The van der Waals surface area contributed by atoms with Gasteiger partial charge in [-0.05, 0) is 162 Å². The van der Waals surface area contributed by atoms with Crippen LogP contribution in [0.25, 0.3) is 280 Å². The van der Waals surface area contributed by atoms with E-state index in [2.05, 4.69) is 507 Å². The second-order valence-electron chi connectivity index (χ2n) is 38.5. The molecule has 6 aromatic heterocycles. The van der Waals surface area contributed by atoms with Gasteiger partial charge in [-0.25, -0.2) is 29.9 Å². The minimum Gasteiger partial charge on any atom is -0.277 e. The quantitative estimate of drug-likeness (QED) is 0.141. The Kier molecular flexibility index (Phi) is 18.6. The zero-order chi connectivity index (χ0) is 94.9. The fraction of sp³-hybridized carbons (Fsp3) is 0.0222. The summed E-state index contributed by atoms with van der Waals surface area (Å²) in [6.07, 6.45) is 0. The predicted octanol–water partition coefficient (Wildman–Crippen LogP) is 35.2. The van der Waals surface area contributed by atoms with E-state index in [4.69, 9.17) is 29.9 Å². The van der Waals surface area contributed by atoms with Crippen LogP contribution in [0, 0.1) is 0 Å². The summed E-state index contributed by atoms with van der Waals surface area (Å²) >= 11 is 0. The Morgan fingerprint density at radius 2 is 0.493 bits per heavy atom. The van der Waals surface area contributed by atoms with Crippen molar-refractivity contribution in [2.24, 2.45) is 0 Å². The standard InChI is InChI=1S/C47H31N3.2C44H27N3/c1-47(2)39-21-11-9-17-33(39)34-25-24-29(27-40(34)47)43-37-20-10-12-22-41(37)48-46(49-43)50-44-30-14-4-3-13-28(30)23-26-38(44)42-35-18-7-5-15-31(35)32-16-6-8-19-36(32)45(42)50;1-2-12-28(13-3-1)29-22-24-30(25-23-29)42-37-20-10-11-21-39(37)45-44(46-42)47-40-27-32-15-5-4-14-31(32)26-38(40)41-35-18-8-6-16-33(35)34-17-7-9-19-36(34)43(41)47;1-2-12-28(13-3-1)29-22-24-31(25-23-29)42-37-20-10-11-21-38(37)45-44(46-42)47-39-27-26-30-14-4-5-15-32(30)40(39)41-35-18-8-6-16-33(35)34-17-7-9-19-36(34)43(41)47/h3-27H,1-2H3;2*1-27H. The lowest BCUT2D eigenvalue weighted by molar-refractivity contribution is 0.660. The molecule has 0 N–H and O–H groups in total. The van der Waals surface area contributed by atoms with Crippen LogP contribution in [0.3, 0.4) is 0 Å². The summed E-state index contributed by atoms with van der Waals surface area (Å²) in [5.41, 5.74) is 25.5. The van der Waals surface area contributed by atoms with Gasteiger partial charge in [-0.15, -0.1) is 0 Å². The summed E-state index contributed by atoms with van der Waals surface area (Å²) in [5.74, 6) is 2.02. The van der Waals surface area contributed by atoms with Crippen molar-refractivity contribution in [1.82, 2.24) is 43.6 Å². The third-order valence-electron chi connectivity index (χ3n) is 30.3. The molecule has 0 fully saturated rings. The number of hydrogen-bond acceptors (Lipinski definition) is 6. The Morgan fingerprint density at radius 3 is 1.00 bits per heavy atom. The molecule has 144 heavy (non-hydrogen) atoms. The number of aromatic nitrogens is 9.